The maximum Gasteiger partial charge on any atom is 0.347 e. The van der Waals surface area contributed by atoms with Crippen molar-refractivity contribution in [1.29, 1.82) is 0 Å². The van der Waals surface area contributed by atoms with Crippen LogP contribution in [0.2, 0.25) is 0 Å². The lowest BCUT2D eigenvalue weighted by atomic mass is 10.2. The minimum absolute atomic E-state index is 0.140. The van der Waals surface area contributed by atoms with E-state index in [0.29, 0.717) is 15.4 Å². The van der Waals surface area contributed by atoms with Crippen LogP contribution in [0.1, 0.15) is 22.3 Å². The van der Waals surface area contributed by atoms with E-state index in [4.69, 9.17) is 4.74 Å². The SMILES string of the molecule is CCOC(=O)c1c(O)c2sc(C)nc2n(C)c1=O. The normalized spacial score (nSPS) is 10.8. The molecule has 0 unspecified atom stereocenters. The largest absolute Gasteiger partial charge is 0.505 e. The van der Waals surface area contributed by atoms with Crippen molar-refractivity contribution in [3.8, 4) is 5.75 Å². The Labute approximate surface area is 106 Å². The van der Waals surface area contributed by atoms with Gasteiger partial charge < -0.3 is 9.84 Å². The number of carbonyl (C=O) groups is 1. The zero-order valence-corrected chi connectivity index (χ0v) is 11.0. The maximum atomic E-state index is 12.0. The lowest BCUT2D eigenvalue weighted by Crippen LogP contribution is -2.26. The first-order chi connectivity index (χ1) is 8.47. The minimum Gasteiger partial charge on any atom is -0.505 e. The van der Waals surface area contributed by atoms with Gasteiger partial charge in [-0.15, -0.1) is 11.3 Å². The molecular formula is C11H12N2O4S. The number of aryl methyl sites for hydroxylation is 2. The Hall–Kier alpha value is -1.89. The predicted molar refractivity (Wildman–Crippen MR) is 67.2 cm³/mol. The van der Waals surface area contributed by atoms with Gasteiger partial charge >= 0.3 is 5.97 Å². The fraction of sp³-hybridized carbons (Fsp3) is 0.364. The molecule has 0 spiro atoms. The van der Waals surface area contributed by atoms with E-state index < -0.39 is 11.5 Å². The maximum absolute atomic E-state index is 12.0. The van der Waals surface area contributed by atoms with Crippen molar-refractivity contribution in [2.75, 3.05) is 6.61 Å². The van der Waals surface area contributed by atoms with Gasteiger partial charge in [0.25, 0.3) is 5.56 Å². The summed E-state index contributed by atoms with van der Waals surface area (Å²) in [6, 6.07) is 0. The van der Waals surface area contributed by atoms with Gasteiger partial charge in [-0.3, -0.25) is 9.36 Å². The van der Waals surface area contributed by atoms with Crippen molar-refractivity contribution in [2.45, 2.75) is 13.8 Å². The van der Waals surface area contributed by atoms with Crippen LogP contribution < -0.4 is 5.56 Å². The summed E-state index contributed by atoms with van der Waals surface area (Å²) in [5.41, 5.74) is -0.577. The number of thiazole rings is 1. The molecule has 2 aromatic rings. The zero-order valence-electron chi connectivity index (χ0n) is 10.2. The van der Waals surface area contributed by atoms with Gasteiger partial charge in [-0.2, -0.15) is 0 Å². The predicted octanol–water partition coefficient (Wildman–Crippen LogP) is 1.19. The molecule has 0 saturated carbocycles. The van der Waals surface area contributed by atoms with Crippen LogP contribution >= 0.6 is 11.3 Å². The van der Waals surface area contributed by atoms with Crippen LogP contribution in [0.25, 0.3) is 10.3 Å². The van der Waals surface area contributed by atoms with Crippen molar-refractivity contribution < 1.29 is 14.6 Å². The van der Waals surface area contributed by atoms with Gasteiger partial charge in [0.15, 0.2) is 17.0 Å². The Kier molecular flexibility index (Phi) is 3.08. The quantitative estimate of drug-likeness (QED) is 0.827. The average Bonchev–Trinajstić information content (AvgIpc) is 2.69. The lowest BCUT2D eigenvalue weighted by Gasteiger charge is -2.06. The van der Waals surface area contributed by atoms with Gasteiger partial charge in [0, 0.05) is 7.05 Å². The second-order valence-electron chi connectivity index (χ2n) is 3.69. The van der Waals surface area contributed by atoms with Crippen molar-refractivity contribution in [1.82, 2.24) is 9.55 Å². The summed E-state index contributed by atoms with van der Waals surface area (Å²) < 4.78 is 6.43. The van der Waals surface area contributed by atoms with Gasteiger partial charge in [0.2, 0.25) is 0 Å². The van der Waals surface area contributed by atoms with E-state index in [1.165, 1.54) is 23.0 Å². The highest BCUT2D eigenvalue weighted by molar-refractivity contribution is 7.18. The third kappa shape index (κ3) is 1.76. The van der Waals surface area contributed by atoms with Gasteiger partial charge in [0.1, 0.15) is 4.70 Å². The summed E-state index contributed by atoms with van der Waals surface area (Å²) in [7, 11) is 1.51. The molecule has 7 heteroatoms. The molecule has 18 heavy (non-hydrogen) atoms. The number of hydrogen-bond acceptors (Lipinski definition) is 6. The molecule has 0 atom stereocenters. The van der Waals surface area contributed by atoms with E-state index in [9.17, 15) is 14.7 Å². The van der Waals surface area contributed by atoms with Crippen LogP contribution in [0.3, 0.4) is 0 Å². The number of nitrogens with zero attached hydrogens (tertiary/aromatic N) is 2. The van der Waals surface area contributed by atoms with Gasteiger partial charge in [-0.1, -0.05) is 0 Å². The van der Waals surface area contributed by atoms with Crippen LogP contribution in [-0.2, 0) is 11.8 Å². The van der Waals surface area contributed by atoms with E-state index in [2.05, 4.69) is 4.98 Å². The third-order valence-electron chi connectivity index (χ3n) is 2.48. The molecule has 2 aromatic heterocycles. The Morgan fingerprint density at radius 2 is 2.22 bits per heavy atom. The summed E-state index contributed by atoms with van der Waals surface area (Å²) >= 11 is 1.22. The molecule has 0 bridgehead atoms. The van der Waals surface area contributed by atoms with Gasteiger partial charge in [-0.25, -0.2) is 9.78 Å². The monoisotopic (exact) mass is 268 g/mol. The molecule has 6 nitrogen and oxygen atoms in total. The molecule has 0 amide bonds. The van der Waals surface area contributed by atoms with Crippen molar-refractivity contribution in [3.05, 3.63) is 20.9 Å². The van der Waals surface area contributed by atoms with Crippen LogP contribution in [0.5, 0.6) is 5.75 Å². The highest BCUT2D eigenvalue weighted by atomic mass is 32.1. The van der Waals surface area contributed by atoms with E-state index in [1.54, 1.807) is 13.8 Å². The number of aromatic hydroxyl groups is 1. The van der Waals surface area contributed by atoms with E-state index in [0.717, 1.165) is 0 Å². The number of esters is 1. The lowest BCUT2D eigenvalue weighted by molar-refractivity contribution is 0.0520. The smallest absolute Gasteiger partial charge is 0.347 e. The minimum atomic E-state index is -0.816. The molecule has 0 aliphatic rings. The summed E-state index contributed by atoms with van der Waals surface area (Å²) in [5, 5.41) is 10.7. The number of pyridine rings is 1. The second kappa shape index (κ2) is 4.41. The molecule has 0 aromatic carbocycles. The highest BCUT2D eigenvalue weighted by Gasteiger charge is 2.24. The molecule has 0 fully saturated rings. The van der Waals surface area contributed by atoms with E-state index in [-0.39, 0.29) is 17.9 Å². The zero-order chi connectivity index (χ0) is 13.4. The van der Waals surface area contributed by atoms with Crippen molar-refractivity contribution >= 4 is 27.7 Å². The van der Waals surface area contributed by atoms with Crippen LogP contribution in [0.4, 0.5) is 0 Å². The topological polar surface area (TPSA) is 81.4 Å². The first-order valence-electron chi connectivity index (χ1n) is 5.33. The van der Waals surface area contributed by atoms with Gasteiger partial charge in [0.05, 0.1) is 11.6 Å². The van der Waals surface area contributed by atoms with Crippen LogP contribution in [0, 0.1) is 6.92 Å². The highest BCUT2D eigenvalue weighted by Crippen LogP contribution is 2.31. The molecular weight excluding hydrogens is 256 g/mol. The van der Waals surface area contributed by atoms with E-state index >= 15 is 0 Å². The third-order valence-corrected chi connectivity index (χ3v) is 3.45. The second-order valence-corrected chi connectivity index (χ2v) is 4.90. The summed E-state index contributed by atoms with van der Waals surface area (Å²) in [6.07, 6.45) is 0. The van der Waals surface area contributed by atoms with E-state index in [1.807, 2.05) is 0 Å². The Morgan fingerprint density at radius 3 is 2.83 bits per heavy atom. The molecule has 0 aliphatic heterocycles. The fourth-order valence-corrected chi connectivity index (χ4v) is 2.56. The Bertz CT molecular complexity index is 686. The molecule has 1 N–H and O–H groups in total. The molecule has 0 saturated heterocycles. The number of carbonyl (C=O) groups excluding carboxylic acids is 1. The first kappa shape index (κ1) is 12.6. The number of ether oxygens (including phenoxy) is 1. The number of fused-ring (bicyclic) bond motifs is 1. The molecule has 96 valence electrons. The molecule has 2 heterocycles. The average molecular weight is 268 g/mol. The summed E-state index contributed by atoms with van der Waals surface area (Å²) in [4.78, 5) is 27.8. The number of aromatic nitrogens is 2. The van der Waals surface area contributed by atoms with Crippen molar-refractivity contribution in [3.63, 3.8) is 0 Å². The van der Waals surface area contributed by atoms with Crippen molar-refractivity contribution in [2.24, 2.45) is 7.05 Å². The fourth-order valence-electron chi connectivity index (χ4n) is 1.66. The molecule has 2 rings (SSSR count). The van der Waals surface area contributed by atoms with Gasteiger partial charge in [-0.05, 0) is 13.8 Å². The Morgan fingerprint density at radius 1 is 1.56 bits per heavy atom. The molecule has 0 aliphatic carbocycles. The summed E-state index contributed by atoms with van der Waals surface area (Å²) in [6.45, 7) is 3.54. The Balaban J connectivity index is 2.82. The molecule has 0 radical (unpaired) electrons. The van der Waals surface area contributed by atoms with Crippen LogP contribution in [0.15, 0.2) is 4.79 Å². The first-order valence-corrected chi connectivity index (χ1v) is 6.15. The van der Waals surface area contributed by atoms with Crippen LogP contribution in [-0.4, -0.2) is 27.2 Å². The number of rotatable bonds is 2. The number of hydrogen-bond donors (Lipinski definition) is 1. The standard InChI is InChI=1S/C11H12N2O4S/c1-4-17-11(16)6-7(14)8-9(12-5(2)18-8)13(3)10(6)15/h14H,4H2,1-3H3. The summed E-state index contributed by atoms with van der Waals surface area (Å²) in [5.74, 6) is -1.17.